The minimum absolute atomic E-state index is 0.131. The van der Waals surface area contributed by atoms with Gasteiger partial charge in [-0.1, -0.05) is 0 Å². The van der Waals surface area contributed by atoms with Crippen molar-refractivity contribution in [1.29, 1.82) is 0 Å². The Balaban J connectivity index is 4.65. The molecule has 122 valence electrons. The van der Waals surface area contributed by atoms with Crippen molar-refractivity contribution in [2.24, 2.45) is 0 Å². The summed E-state index contributed by atoms with van der Waals surface area (Å²) < 4.78 is 22.8. The van der Waals surface area contributed by atoms with Crippen LogP contribution in [-0.4, -0.2) is 83.3 Å². The van der Waals surface area contributed by atoms with Gasteiger partial charge in [0.05, 0.1) is 38.6 Å². The van der Waals surface area contributed by atoms with E-state index in [-0.39, 0.29) is 45.8 Å². The molecule has 0 bridgehead atoms. The van der Waals surface area contributed by atoms with Crippen molar-refractivity contribution in [3.05, 3.63) is 0 Å². The Labute approximate surface area is 119 Å². The second-order valence-electron chi connectivity index (χ2n) is 4.61. The normalized spacial score (nSPS) is 17.9. The van der Waals surface area contributed by atoms with E-state index in [9.17, 15) is 14.8 Å². The van der Waals surface area contributed by atoms with Crippen molar-refractivity contribution < 1.29 is 34.0 Å². The van der Waals surface area contributed by atoms with E-state index in [0.29, 0.717) is 0 Å². The molecule has 0 aliphatic carbocycles. The summed E-state index contributed by atoms with van der Waals surface area (Å²) in [7, 11) is -3.56. The van der Waals surface area contributed by atoms with E-state index in [1.54, 1.807) is 0 Å². The van der Waals surface area contributed by atoms with Gasteiger partial charge < -0.3 is 29.5 Å². The van der Waals surface area contributed by atoms with Crippen LogP contribution >= 0.6 is 7.60 Å². The summed E-state index contributed by atoms with van der Waals surface area (Å²) in [6.07, 6.45) is -1.74. The van der Waals surface area contributed by atoms with Crippen LogP contribution in [0.2, 0.25) is 0 Å². The van der Waals surface area contributed by atoms with Gasteiger partial charge in [-0.2, -0.15) is 0 Å². The molecule has 0 aromatic carbocycles. The molecule has 0 heterocycles. The summed E-state index contributed by atoms with van der Waals surface area (Å²) >= 11 is 0. The fourth-order valence-corrected chi connectivity index (χ4v) is 3.24. The summed E-state index contributed by atoms with van der Waals surface area (Å²) in [5, 5.41) is 36.2. The maximum Gasteiger partial charge on any atom is 0.344 e. The molecule has 0 aliphatic rings. The van der Waals surface area contributed by atoms with Crippen LogP contribution in [0.4, 0.5) is 0 Å². The van der Waals surface area contributed by atoms with Crippen molar-refractivity contribution in [2.45, 2.75) is 26.1 Å². The quantitative estimate of drug-likeness (QED) is 0.346. The molecular formula is C11H26NO7P. The average molecular weight is 315 g/mol. The summed E-state index contributed by atoms with van der Waals surface area (Å²) in [6.45, 7) is 2.74. The number of nitrogens with zero attached hydrogens (tertiary/aromatic N) is 1. The summed E-state index contributed by atoms with van der Waals surface area (Å²) in [5.41, 5.74) is 0. The zero-order chi connectivity index (χ0) is 15.6. The van der Waals surface area contributed by atoms with Gasteiger partial charge in [-0.3, -0.25) is 9.46 Å². The third kappa shape index (κ3) is 9.79. The zero-order valence-electron chi connectivity index (χ0n) is 12.0. The van der Waals surface area contributed by atoms with Gasteiger partial charge in [0, 0.05) is 13.1 Å². The molecule has 9 heteroatoms. The Kier molecular flexibility index (Phi) is 10.6. The topological polar surface area (TPSA) is 120 Å². The number of rotatable bonds is 12. The highest BCUT2D eigenvalue weighted by molar-refractivity contribution is 7.53. The molecule has 8 nitrogen and oxygen atoms in total. The summed E-state index contributed by atoms with van der Waals surface area (Å²) in [5.74, 6) is 0. The Morgan fingerprint density at radius 1 is 1.00 bits per heavy atom. The monoisotopic (exact) mass is 315 g/mol. The van der Waals surface area contributed by atoms with E-state index in [2.05, 4.69) is 0 Å². The van der Waals surface area contributed by atoms with Gasteiger partial charge in [0.15, 0.2) is 0 Å². The molecule has 0 rings (SSSR count). The maximum atomic E-state index is 12.5. The lowest BCUT2D eigenvalue weighted by Gasteiger charge is -2.26. The second kappa shape index (κ2) is 10.6. The minimum atomic E-state index is -3.56. The highest BCUT2D eigenvalue weighted by Gasteiger charge is 2.29. The maximum absolute atomic E-state index is 12.5. The fraction of sp³-hybridized carbons (Fsp3) is 1.00. The molecule has 0 fully saturated rings. The highest BCUT2D eigenvalue weighted by atomic mass is 31.2. The number of aliphatic hydroxyl groups is 4. The molecule has 0 saturated carbocycles. The lowest BCUT2D eigenvalue weighted by molar-refractivity contribution is 0.0744. The smallest absolute Gasteiger partial charge is 0.344 e. The van der Waals surface area contributed by atoms with Gasteiger partial charge in [0.2, 0.25) is 0 Å². The van der Waals surface area contributed by atoms with Crippen LogP contribution in [0.1, 0.15) is 13.8 Å². The van der Waals surface area contributed by atoms with Crippen molar-refractivity contribution in [3.63, 3.8) is 0 Å². The van der Waals surface area contributed by atoms with E-state index in [4.69, 9.17) is 19.3 Å². The molecule has 0 saturated heterocycles. The first kappa shape index (κ1) is 19.9. The Morgan fingerprint density at radius 3 is 1.70 bits per heavy atom. The van der Waals surface area contributed by atoms with E-state index >= 15 is 0 Å². The number of hydrogen-bond acceptors (Lipinski definition) is 8. The molecule has 0 amide bonds. The first-order valence-electron chi connectivity index (χ1n) is 6.51. The van der Waals surface area contributed by atoms with Crippen LogP contribution in [0.3, 0.4) is 0 Å². The molecule has 0 aromatic rings. The van der Waals surface area contributed by atoms with Gasteiger partial charge in [0.25, 0.3) is 0 Å². The van der Waals surface area contributed by atoms with Crippen LogP contribution in [0, 0.1) is 0 Å². The summed E-state index contributed by atoms with van der Waals surface area (Å²) in [6, 6.07) is 0. The fourth-order valence-electron chi connectivity index (χ4n) is 1.34. The van der Waals surface area contributed by atoms with Gasteiger partial charge in [-0.25, -0.2) is 0 Å². The largest absolute Gasteiger partial charge is 0.395 e. The Bertz CT molecular complexity index is 266. The summed E-state index contributed by atoms with van der Waals surface area (Å²) in [4.78, 5) is 1.53. The van der Waals surface area contributed by atoms with E-state index in [0.717, 1.165) is 0 Å². The molecule has 0 aliphatic heterocycles. The Hall–Kier alpha value is -0.0500. The van der Waals surface area contributed by atoms with Crippen LogP contribution in [0.15, 0.2) is 0 Å². The van der Waals surface area contributed by atoms with Gasteiger partial charge >= 0.3 is 7.60 Å². The van der Waals surface area contributed by atoms with E-state index < -0.39 is 19.8 Å². The molecule has 20 heavy (non-hydrogen) atoms. The predicted molar refractivity (Wildman–Crippen MR) is 73.5 cm³/mol. The van der Waals surface area contributed by atoms with Gasteiger partial charge in [0.1, 0.15) is 6.29 Å². The molecule has 2 atom stereocenters. The second-order valence-corrected chi connectivity index (χ2v) is 6.63. The van der Waals surface area contributed by atoms with Crippen LogP contribution in [-0.2, 0) is 13.6 Å². The molecule has 4 N–H and O–H groups in total. The molecule has 0 spiro atoms. The van der Waals surface area contributed by atoms with Gasteiger partial charge in [-0.05, 0) is 13.8 Å². The lowest BCUT2D eigenvalue weighted by atomic mass is 10.5. The number of aliphatic hydroxyl groups excluding tert-OH is 4. The van der Waals surface area contributed by atoms with Crippen LogP contribution in [0.25, 0.3) is 0 Å². The van der Waals surface area contributed by atoms with Crippen molar-refractivity contribution in [2.75, 3.05) is 45.8 Å². The van der Waals surface area contributed by atoms with Crippen LogP contribution in [0.5, 0.6) is 0 Å². The highest BCUT2D eigenvalue weighted by Crippen LogP contribution is 2.48. The zero-order valence-corrected chi connectivity index (χ0v) is 12.9. The molecular weight excluding hydrogens is 289 g/mol. The molecule has 0 radical (unpaired) electrons. The number of hydrogen-bond donors (Lipinski definition) is 4. The van der Waals surface area contributed by atoms with Crippen molar-refractivity contribution in [3.8, 4) is 0 Å². The first-order valence-corrected chi connectivity index (χ1v) is 8.24. The van der Waals surface area contributed by atoms with Crippen molar-refractivity contribution in [1.82, 2.24) is 4.90 Å². The SMILES string of the molecule is CC(O)COP(=O)(CN(CCO)CCO)OCC(C)O. The van der Waals surface area contributed by atoms with E-state index in [1.165, 1.54) is 18.7 Å². The average Bonchev–Trinajstić information content (AvgIpc) is 2.35. The van der Waals surface area contributed by atoms with E-state index in [1.807, 2.05) is 0 Å². The van der Waals surface area contributed by atoms with Gasteiger partial charge in [-0.15, -0.1) is 0 Å². The minimum Gasteiger partial charge on any atom is -0.395 e. The molecule has 2 unspecified atom stereocenters. The first-order chi connectivity index (χ1) is 9.33. The molecule has 0 aromatic heterocycles. The Morgan fingerprint density at radius 2 is 1.40 bits per heavy atom. The van der Waals surface area contributed by atoms with Crippen molar-refractivity contribution >= 4 is 7.60 Å². The third-order valence-electron chi connectivity index (χ3n) is 2.23. The standard InChI is InChI=1S/C11H26NO7P/c1-10(15)7-18-20(17,19-8-11(2)16)9-12(3-5-13)4-6-14/h10-11,13-16H,3-9H2,1-2H3. The predicted octanol–water partition coefficient (Wildman–Crippen LogP) is -0.782. The van der Waals surface area contributed by atoms with Crippen LogP contribution < -0.4 is 0 Å². The lowest BCUT2D eigenvalue weighted by Crippen LogP contribution is -2.32. The third-order valence-corrected chi connectivity index (χ3v) is 4.06.